The van der Waals surface area contributed by atoms with Crippen molar-refractivity contribution in [3.8, 4) is 0 Å². The summed E-state index contributed by atoms with van der Waals surface area (Å²) in [6.07, 6.45) is 1.09. The van der Waals surface area contributed by atoms with Crippen molar-refractivity contribution >= 4 is 11.4 Å². The van der Waals surface area contributed by atoms with Crippen molar-refractivity contribution in [2.24, 2.45) is 10.9 Å². The van der Waals surface area contributed by atoms with E-state index in [4.69, 9.17) is 4.99 Å². The average Bonchev–Trinajstić information content (AvgIpc) is 2.29. The molecule has 0 radical (unpaired) electrons. The number of aryl methyl sites for hydroxylation is 1. The molecule has 0 saturated carbocycles. The molecule has 0 amide bonds. The van der Waals surface area contributed by atoms with Gasteiger partial charge in [-0.2, -0.15) is 0 Å². The van der Waals surface area contributed by atoms with Crippen LogP contribution < -0.4 is 0 Å². The van der Waals surface area contributed by atoms with Gasteiger partial charge in [0.25, 0.3) is 0 Å². The zero-order valence-corrected chi connectivity index (χ0v) is 11.3. The smallest absolute Gasteiger partial charge is 0.0658 e. The lowest BCUT2D eigenvalue weighted by molar-refractivity contribution is 0.226. The second kappa shape index (κ2) is 5.01. The predicted molar refractivity (Wildman–Crippen MR) is 74.1 cm³/mol. The minimum Gasteiger partial charge on any atom is -0.303 e. The van der Waals surface area contributed by atoms with Gasteiger partial charge in [-0.05, 0) is 32.5 Å². The van der Waals surface area contributed by atoms with E-state index < -0.39 is 0 Å². The molecule has 2 heteroatoms. The molecule has 1 aliphatic rings. The third-order valence-electron chi connectivity index (χ3n) is 3.77. The summed E-state index contributed by atoms with van der Waals surface area (Å²) in [5.74, 6) is 0.566. The Balaban J connectivity index is 2.25. The molecule has 1 fully saturated rings. The second-order valence-corrected chi connectivity index (χ2v) is 5.28. The predicted octanol–water partition coefficient (Wildman–Crippen LogP) is 3.43. The largest absolute Gasteiger partial charge is 0.303 e. The molecule has 1 aliphatic heterocycles. The number of para-hydroxylation sites is 1. The van der Waals surface area contributed by atoms with Crippen molar-refractivity contribution in [2.75, 3.05) is 13.6 Å². The Bertz CT molecular complexity index is 423. The highest BCUT2D eigenvalue weighted by atomic mass is 15.1. The van der Waals surface area contributed by atoms with Gasteiger partial charge in [-0.1, -0.05) is 25.1 Å². The Morgan fingerprint density at radius 1 is 1.24 bits per heavy atom. The first-order valence-corrected chi connectivity index (χ1v) is 6.41. The van der Waals surface area contributed by atoms with Crippen molar-refractivity contribution in [3.63, 3.8) is 0 Å². The van der Waals surface area contributed by atoms with Crippen molar-refractivity contribution in [1.82, 2.24) is 4.90 Å². The SMILES string of the molecule is Cc1ccccc1N=C1C[C@@H](C)N(C)C[C@@H]1C. The van der Waals surface area contributed by atoms with E-state index in [1.807, 2.05) is 0 Å². The Hall–Kier alpha value is -1.15. The lowest BCUT2D eigenvalue weighted by Crippen LogP contribution is -2.42. The highest BCUT2D eigenvalue weighted by Gasteiger charge is 2.25. The molecule has 2 rings (SSSR count). The third kappa shape index (κ3) is 2.75. The van der Waals surface area contributed by atoms with E-state index in [0.717, 1.165) is 18.7 Å². The zero-order valence-electron chi connectivity index (χ0n) is 11.3. The van der Waals surface area contributed by atoms with Crippen LogP contribution in [0.4, 0.5) is 5.69 Å². The topological polar surface area (TPSA) is 15.6 Å². The van der Waals surface area contributed by atoms with Crippen molar-refractivity contribution in [1.29, 1.82) is 0 Å². The summed E-state index contributed by atoms with van der Waals surface area (Å²) in [6, 6.07) is 8.98. The fourth-order valence-electron chi connectivity index (χ4n) is 2.38. The number of hydrogen-bond acceptors (Lipinski definition) is 2. The number of aliphatic imine (C=N–C) groups is 1. The lowest BCUT2D eigenvalue weighted by atomic mass is 9.93. The second-order valence-electron chi connectivity index (χ2n) is 5.28. The molecule has 0 aliphatic carbocycles. The lowest BCUT2D eigenvalue weighted by Gasteiger charge is -2.34. The molecule has 1 saturated heterocycles. The van der Waals surface area contributed by atoms with Crippen molar-refractivity contribution in [3.05, 3.63) is 29.8 Å². The summed E-state index contributed by atoms with van der Waals surface area (Å²) >= 11 is 0. The summed E-state index contributed by atoms with van der Waals surface area (Å²) < 4.78 is 0. The van der Waals surface area contributed by atoms with E-state index in [2.05, 4.69) is 57.0 Å². The van der Waals surface area contributed by atoms with Crippen LogP contribution in [0.2, 0.25) is 0 Å². The van der Waals surface area contributed by atoms with Gasteiger partial charge in [0.1, 0.15) is 0 Å². The number of piperidine rings is 1. The van der Waals surface area contributed by atoms with Crippen LogP contribution >= 0.6 is 0 Å². The van der Waals surface area contributed by atoms with Crippen molar-refractivity contribution < 1.29 is 0 Å². The fraction of sp³-hybridized carbons (Fsp3) is 0.533. The van der Waals surface area contributed by atoms with Crippen LogP contribution in [0, 0.1) is 12.8 Å². The number of nitrogens with zero attached hydrogens (tertiary/aromatic N) is 2. The van der Waals surface area contributed by atoms with E-state index in [1.165, 1.54) is 11.3 Å². The molecular formula is C15H22N2. The minimum atomic E-state index is 0.566. The molecule has 17 heavy (non-hydrogen) atoms. The monoisotopic (exact) mass is 230 g/mol. The van der Waals surface area contributed by atoms with E-state index in [1.54, 1.807) is 0 Å². The van der Waals surface area contributed by atoms with Gasteiger partial charge in [-0.15, -0.1) is 0 Å². The van der Waals surface area contributed by atoms with E-state index >= 15 is 0 Å². The van der Waals surface area contributed by atoms with Gasteiger partial charge in [-0.3, -0.25) is 4.99 Å². The van der Waals surface area contributed by atoms with Crippen LogP contribution in [0.3, 0.4) is 0 Å². The molecule has 0 aromatic heterocycles. The fourth-order valence-corrected chi connectivity index (χ4v) is 2.38. The van der Waals surface area contributed by atoms with Crippen LogP contribution in [-0.4, -0.2) is 30.2 Å². The average molecular weight is 230 g/mol. The summed E-state index contributed by atoms with van der Waals surface area (Å²) in [7, 11) is 2.20. The molecule has 2 atom stereocenters. The standard InChI is InChI=1S/C15H22N2/c1-11-7-5-6-8-14(11)16-15-9-13(3)17(4)10-12(15)2/h5-8,12-13H,9-10H2,1-4H3/t12-,13+/m0/s1. The molecular weight excluding hydrogens is 208 g/mol. The van der Waals surface area contributed by atoms with E-state index in [9.17, 15) is 0 Å². The normalized spacial score (nSPS) is 28.6. The number of hydrogen-bond donors (Lipinski definition) is 0. The highest BCUT2D eigenvalue weighted by Crippen LogP contribution is 2.24. The van der Waals surface area contributed by atoms with E-state index in [0.29, 0.717) is 12.0 Å². The van der Waals surface area contributed by atoms with Crippen LogP contribution in [0.1, 0.15) is 25.8 Å². The Labute approximate surface area is 104 Å². The van der Waals surface area contributed by atoms with Crippen LogP contribution in [-0.2, 0) is 0 Å². The number of benzene rings is 1. The Morgan fingerprint density at radius 3 is 2.65 bits per heavy atom. The van der Waals surface area contributed by atoms with Gasteiger partial charge in [0.2, 0.25) is 0 Å². The quantitative estimate of drug-likeness (QED) is 0.721. The maximum atomic E-state index is 4.87. The summed E-state index contributed by atoms with van der Waals surface area (Å²) in [4.78, 5) is 7.29. The molecule has 0 unspecified atom stereocenters. The van der Waals surface area contributed by atoms with Gasteiger partial charge in [0.15, 0.2) is 0 Å². The van der Waals surface area contributed by atoms with Crippen molar-refractivity contribution in [2.45, 2.75) is 33.2 Å². The maximum Gasteiger partial charge on any atom is 0.0658 e. The first kappa shape index (κ1) is 12.3. The minimum absolute atomic E-state index is 0.566. The molecule has 0 spiro atoms. The van der Waals surface area contributed by atoms with Gasteiger partial charge in [-0.25, -0.2) is 0 Å². The highest BCUT2D eigenvalue weighted by molar-refractivity contribution is 5.90. The summed E-state index contributed by atoms with van der Waals surface area (Å²) in [6.45, 7) is 7.80. The van der Waals surface area contributed by atoms with Gasteiger partial charge >= 0.3 is 0 Å². The first-order valence-electron chi connectivity index (χ1n) is 6.41. The third-order valence-corrected chi connectivity index (χ3v) is 3.77. The van der Waals surface area contributed by atoms with Crippen LogP contribution in [0.5, 0.6) is 0 Å². The van der Waals surface area contributed by atoms with E-state index in [-0.39, 0.29) is 0 Å². The zero-order chi connectivity index (χ0) is 12.4. The molecule has 92 valence electrons. The van der Waals surface area contributed by atoms with Gasteiger partial charge in [0.05, 0.1) is 5.69 Å². The van der Waals surface area contributed by atoms with Crippen LogP contribution in [0.15, 0.2) is 29.3 Å². The number of rotatable bonds is 1. The summed E-state index contributed by atoms with van der Waals surface area (Å²) in [5.41, 5.74) is 3.75. The Morgan fingerprint density at radius 2 is 1.94 bits per heavy atom. The molecule has 1 aromatic carbocycles. The van der Waals surface area contributed by atoms with Gasteiger partial charge in [0, 0.05) is 30.6 Å². The molecule has 0 bridgehead atoms. The maximum absolute atomic E-state index is 4.87. The molecule has 1 heterocycles. The molecule has 1 aromatic rings. The van der Waals surface area contributed by atoms with Gasteiger partial charge < -0.3 is 4.90 Å². The number of likely N-dealkylation sites (tertiary alicyclic amines) is 1. The molecule has 0 N–H and O–H groups in total. The Kier molecular flexibility index (Phi) is 3.63. The molecule has 2 nitrogen and oxygen atoms in total. The first-order chi connectivity index (χ1) is 8.08. The summed E-state index contributed by atoms with van der Waals surface area (Å²) in [5, 5.41) is 0. The van der Waals surface area contributed by atoms with Crippen LogP contribution in [0.25, 0.3) is 0 Å².